The van der Waals surface area contributed by atoms with E-state index in [1.165, 1.54) is 18.2 Å². The number of sulfonamides is 1. The van der Waals surface area contributed by atoms with E-state index in [1.807, 2.05) is 0 Å². The Balaban J connectivity index is 1.98. The number of carbonyl (C=O) groups excluding carboxylic acids is 1. The first-order valence-corrected chi connectivity index (χ1v) is 10.4. The van der Waals surface area contributed by atoms with Gasteiger partial charge in [0, 0.05) is 29.4 Å². The van der Waals surface area contributed by atoms with E-state index in [0.29, 0.717) is 32.1 Å². The van der Waals surface area contributed by atoms with Gasteiger partial charge in [0.2, 0.25) is 0 Å². The van der Waals surface area contributed by atoms with Crippen molar-refractivity contribution in [1.29, 1.82) is 0 Å². The first kappa shape index (κ1) is 21.4. The maximum absolute atomic E-state index is 12.5. The van der Waals surface area contributed by atoms with E-state index < -0.39 is 10.0 Å². The van der Waals surface area contributed by atoms with E-state index >= 15 is 0 Å². The summed E-state index contributed by atoms with van der Waals surface area (Å²) in [4.78, 5) is 12.2. The van der Waals surface area contributed by atoms with Crippen LogP contribution in [0.5, 0.6) is 0 Å². The maximum atomic E-state index is 12.5. The van der Waals surface area contributed by atoms with Gasteiger partial charge in [-0.3, -0.25) is 9.52 Å². The van der Waals surface area contributed by atoms with E-state index in [9.17, 15) is 13.2 Å². The first-order chi connectivity index (χ1) is 12.9. The largest absolute Gasteiger partial charge is 0.382 e. The zero-order valence-electron chi connectivity index (χ0n) is 14.8. The normalized spacial score (nSPS) is 11.2. The number of methoxy groups -OCH3 is 1. The first-order valence-electron chi connectivity index (χ1n) is 8.16. The van der Waals surface area contributed by atoms with E-state index in [2.05, 4.69) is 26.0 Å². The van der Waals surface area contributed by atoms with Crippen molar-refractivity contribution in [3.05, 3.63) is 58.6 Å². The minimum Gasteiger partial charge on any atom is -0.382 e. The van der Waals surface area contributed by atoms with Crippen molar-refractivity contribution in [3.63, 3.8) is 0 Å². The Bertz CT molecular complexity index is 856. The van der Waals surface area contributed by atoms with Crippen molar-refractivity contribution >= 4 is 37.5 Å². The van der Waals surface area contributed by atoms with E-state index in [-0.39, 0.29) is 16.4 Å². The van der Waals surface area contributed by atoms with Crippen LogP contribution in [0.2, 0.25) is 0 Å². The second kappa shape index (κ2) is 10.4. The molecule has 0 fully saturated rings. The molecule has 9 heteroatoms. The van der Waals surface area contributed by atoms with Gasteiger partial charge in [-0.1, -0.05) is 22.0 Å². The van der Waals surface area contributed by atoms with Gasteiger partial charge in [-0.25, -0.2) is 8.42 Å². The Hall–Kier alpha value is -1.94. The van der Waals surface area contributed by atoms with Crippen LogP contribution in [0.25, 0.3) is 0 Å². The summed E-state index contributed by atoms with van der Waals surface area (Å²) in [7, 11) is -2.22. The van der Waals surface area contributed by atoms with Crippen LogP contribution in [0.15, 0.2) is 57.9 Å². The Morgan fingerprint density at radius 3 is 2.52 bits per heavy atom. The lowest BCUT2D eigenvalue weighted by Gasteiger charge is -2.10. The molecule has 0 aliphatic rings. The summed E-state index contributed by atoms with van der Waals surface area (Å²) >= 11 is 3.30. The summed E-state index contributed by atoms with van der Waals surface area (Å²) in [5.41, 5.74) is 0.687. The number of hydrogen-bond donors (Lipinski definition) is 2. The summed E-state index contributed by atoms with van der Waals surface area (Å²) in [5.74, 6) is -0.369. The van der Waals surface area contributed by atoms with Crippen LogP contribution in [0, 0.1) is 0 Å². The zero-order chi connectivity index (χ0) is 19.7. The van der Waals surface area contributed by atoms with Gasteiger partial charge >= 0.3 is 0 Å². The predicted molar refractivity (Wildman–Crippen MR) is 106 cm³/mol. The Kier molecular flexibility index (Phi) is 8.23. The topological polar surface area (TPSA) is 93.7 Å². The van der Waals surface area contributed by atoms with Crippen molar-refractivity contribution < 1.29 is 22.7 Å². The highest BCUT2D eigenvalue weighted by molar-refractivity contribution is 9.10. The van der Waals surface area contributed by atoms with Crippen molar-refractivity contribution in [2.45, 2.75) is 4.90 Å². The molecule has 0 heterocycles. The lowest BCUT2D eigenvalue weighted by Crippen LogP contribution is -2.27. The molecule has 0 radical (unpaired) electrons. The summed E-state index contributed by atoms with van der Waals surface area (Å²) in [5, 5.41) is 2.69. The Morgan fingerprint density at radius 2 is 1.81 bits per heavy atom. The summed E-state index contributed by atoms with van der Waals surface area (Å²) in [6.07, 6.45) is 0. The number of rotatable bonds is 10. The van der Waals surface area contributed by atoms with Crippen LogP contribution < -0.4 is 10.0 Å². The fraction of sp³-hybridized carbons (Fsp3) is 0.278. The van der Waals surface area contributed by atoms with Gasteiger partial charge < -0.3 is 14.8 Å². The molecule has 0 spiro atoms. The highest BCUT2D eigenvalue weighted by atomic mass is 79.9. The SMILES string of the molecule is COCCOCCNC(=O)c1cccc(S(=O)(=O)Nc2ccc(Br)cc2)c1. The predicted octanol–water partition coefficient (Wildman–Crippen LogP) is 2.64. The number of amides is 1. The third kappa shape index (κ3) is 6.94. The third-order valence-electron chi connectivity index (χ3n) is 3.47. The molecular weight excluding hydrogens is 436 g/mol. The number of anilines is 1. The molecule has 0 unspecified atom stereocenters. The summed E-state index contributed by atoms with van der Waals surface area (Å²) in [6.45, 7) is 1.59. The maximum Gasteiger partial charge on any atom is 0.261 e. The highest BCUT2D eigenvalue weighted by Gasteiger charge is 2.16. The van der Waals surface area contributed by atoms with E-state index in [1.54, 1.807) is 37.4 Å². The third-order valence-corrected chi connectivity index (χ3v) is 5.37. The van der Waals surface area contributed by atoms with Crippen LogP contribution in [-0.4, -0.2) is 47.8 Å². The van der Waals surface area contributed by atoms with Crippen LogP contribution >= 0.6 is 15.9 Å². The molecule has 2 aromatic carbocycles. The highest BCUT2D eigenvalue weighted by Crippen LogP contribution is 2.19. The molecule has 1 amide bonds. The minimum atomic E-state index is -3.80. The lowest BCUT2D eigenvalue weighted by atomic mass is 10.2. The molecule has 0 aromatic heterocycles. The molecular formula is C18H21BrN2O5S. The van der Waals surface area contributed by atoms with Crippen LogP contribution in [0.1, 0.15) is 10.4 Å². The van der Waals surface area contributed by atoms with Crippen LogP contribution in [0.4, 0.5) is 5.69 Å². The molecule has 2 N–H and O–H groups in total. The van der Waals surface area contributed by atoms with Gasteiger partial charge in [-0.05, 0) is 42.5 Å². The van der Waals surface area contributed by atoms with Gasteiger partial charge in [-0.2, -0.15) is 0 Å². The molecule has 0 aliphatic carbocycles. The standard InChI is InChI=1S/C18H21BrN2O5S/c1-25-11-12-26-10-9-20-18(22)14-3-2-4-17(13-14)27(23,24)21-16-7-5-15(19)6-8-16/h2-8,13,21H,9-12H2,1H3,(H,20,22). The number of hydrogen-bond acceptors (Lipinski definition) is 5. The van der Waals surface area contributed by atoms with E-state index in [4.69, 9.17) is 9.47 Å². The van der Waals surface area contributed by atoms with Gasteiger partial charge in [0.1, 0.15) is 0 Å². The quantitative estimate of drug-likeness (QED) is 0.535. The number of carbonyl (C=O) groups is 1. The Morgan fingerprint density at radius 1 is 1.07 bits per heavy atom. The van der Waals surface area contributed by atoms with Crippen molar-refractivity contribution in [3.8, 4) is 0 Å². The molecule has 7 nitrogen and oxygen atoms in total. The summed E-state index contributed by atoms with van der Waals surface area (Å²) in [6, 6.07) is 12.6. The molecule has 0 saturated carbocycles. The van der Waals surface area contributed by atoms with E-state index in [0.717, 1.165) is 4.47 Å². The molecule has 27 heavy (non-hydrogen) atoms. The average molecular weight is 457 g/mol. The van der Waals surface area contributed by atoms with Crippen LogP contribution in [0.3, 0.4) is 0 Å². The van der Waals surface area contributed by atoms with Gasteiger partial charge in [-0.15, -0.1) is 0 Å². The van der Waals surface area contributed by atoms with Crippen molar-refractivity contribution in [2.24, 2.45) is 0 Å². The molecule has 2 aromatic rings. The molecule has 0 atom stereocenters. The number of benzene rings is 2. The lowest BCUT2D eigenvalue weighted by molar-refractivity contribution is 0.0692. The molecule has 0 saturated heterocycles. The van der Waals surface area contributed by atoms with Crippen LogP contribution in [-0.2, 0) is 19.5 Å². The average Bonchev–Trinajstić information content (AvgIpc) is 2.66. The summed E-state index contributed by atoms with van der Waals surface area (Å²) < 4.78 is 38.5. The molecule has 2 rings (SSSR count). The molecule has 0 bridgehead atoms. The monoisotopic (exact) mass is 456 g/mol. The molecule has 0 aliphatic heterocycles. The number of ether oxygens (including phenoxy) is 2. The Labute approximate surface area is 167 Å². The second-order valence-corrected chi connectivity index (χ2v) is 8.10. The molecule has 146 valence electrons. The van der Waals surface area contributed by atoms with Crippen molar-refractivity contribution in [2.75, 3.05) is 38.2 Å². The van der Waals surface area contributed by atoms with Gasteiger partial charge in [0.15, 0.2) is 0 Å². The number of nitrogens with one attached hydrogen (secondary N) is 2. The fourth-order valence-corrected chi connectivity index (χ4v) is 3.49. The zero-order valence-corrected chi connectivity index (χ0v) is 17.2. The van der Waals surface area contributed by atoms with Crippen molar-refractivity contribution in [1.82, 2.24) is 5.32 Å². The van der Waals surface area contributed by atoms with Gasteiger partial charge in [0.05, 0.1) is 24.7 Å². The second-order valence-electron chi connectivity index (χ2n) is 5.50. The van der Waals surface area contributed by atoms with Gasteiger partial charge in [0.25, 0.3) is 15.9 Å². The smallest absolute Gasteiger partial charge is 0.261 e. The minimum absolute atomic E-state index is 0.00872. The number of halogens is 1. The fourth-order valence-electron chi connectivity index (χ4n) is 2.12.